The van der Waals surface area contributed by atoms with Gasteiger partial charge in [0.2, 0.25) is 5.88 Å². The quantitative estimate of drug-likeness (QED) is 0.388. The van der Waals surface area contributed by atoms with Crippen LogP contribution in [0.15, 0.2) is 52.1 Å². The Labute approximate surface area is 168 Å². The molecule has 2 aromatic heterocycles. The first-order chi connectivity index (χ1) is 13.0. The van der Waals surface area contributed by atoms with Crippen molar-refractivity contribution in [3.05, 3.63) is 58.3 Å². The summed E-state index contributed by atoms with van der Waals surface area (Å²) in [5.74, 6) is 0.559. The van der Waals surface area contributed by atoms with E-state index in [1.807, 2.05) is 50.3 Å². The van der Waals surface area contributed by atoms with Gasteiger partial charge in [0.05, 0.1) is 27.7 Å². The molecule has 0 bridgehead atoms. The van der Waals surface area contributed by atoms with Crippen LogP contribution in [0.4, 0.5) is 5.69 Å². The number of fused-ring (bicyclic) bond motifs is 1. The van der Waals surface area contributed by atoms with E-state index in [-0.39, 0.29) is 6.10 Å². The lowest BCUT2D eigenvalue weighted by Crippen LogP contribution is -2.14. The SMILES string of the molecule is CCN(C)C=Nc1cc(Br)c(OC(C)c2ccc3cccnc3c2)nc1C. The molecule has 140 valence electrons. The third-order valence-electron chi connectivity index (χ3n) is 4.39. The van der Waals surface area contributed by atoms with Gasteiger partial charge in [-0.15, -0.1) is 0 Å². The number of aryl methyl sites for hydroxylation is 1. The van der Waals surface area contributed by atoms with Gasteiger partial charge in [0.1, 0.15) is 6.10 Å². The Morgan fingerprint density at radius 2 is 2.11 bits per heavy atom. The molecule has 0 saturated heterocycles. The van der Waals surface area contributed by atoms with Crippen LogP contribution in [0.5, 0.6) is 5.88 Å². The van der Waals surface area contributed by atoms with Crippen molar-refractivity contribution in [1.29, 1.82) is 0 Å². The molecule has 5 nitrogen and oxygen atoms in total. The zero-order chi connectivity index (χ0) is 19.4. The van der Waals surface area contributed by atoms with Crippen molar-refractivity contribution in [2.24, 2.45) is 4.99 Å². The van der Waals surface area contributed by atoms with Crippen LogP contribution in [-0.2, 0) is 0 Å². The number of hydrogen-bond acceptors (Lipinski definition) is 4. The van der Waals surface area contributed by atoms with Gasteiger partial charge in [0.25, 0.3) is 0 Å². The highest BCUT2D eigenvalue weighted by Gasteiger charge is 2.14. The number of nitrogens with zero attached hydrogens (tertiary/aromatic N) is 4. The number of rotatable bonds is 6. The molecule has 1 unspecified atom stereocenters. The van der Waals surface area contributed by atoms with Crippen LogP contribution in [0.2, 0.25) is 0 Å². The van der Waals surface area contributed by atoms with Crippen LogP contribution in [0.25, 0.3) is 10.9 Å². The largest absolute Gasteiger partial charge is 0.469 e. The average molecular weight is 427 g/mol. The molecule has 1 atom stereocenters. The van der Waals surface area contributed by atoms with Gasteiger partial charge in [0, 0.05) is 25.2 Å². The standard InChI is InChI=1S/C21H23BrN4O/c1-5-26(4)13-24-19-12-18(22)21(25-14(19)2)27-15(3)17-9-8-16-7-6-10-23-20(16)11-17/h6-13,15H,5H2,1-4H3. The minimum absolute atomic E-state index is 0.153. The smallest absolute Gasteiger partial charge is 0.228 e. The summed E-state index contributed by atoms with van der Waals surface area (Å²) >= 11 is 3.56. The van der Waals surface area contributed by atoms with Crippen molar-refractivity contribution in [3.8, 4) is 5.88 Å². The maximum absolute atomic E-state index is 6.11. The minimum Gasteiger partial charge on any atom is -0.469 e. The maximum atomic E-state index is 6.11. The second-order valence-corrected chi connectivity index (χ2v) is 7.27. The average Bonchev–Trinajstić information content (AvgIpc) is 2.68. The minimum atomic E-state index is -0.153. The molecule has 3 rings (SSSR count). The summed E-state index contributed by atoms with van der Waals surface area (Å²) in [4.78, 5) is 15.5. The van der Waals surface area contributed by atoms with Crippen molar-refractivity contribution in [1.82, 2.24) is 14.9 Å². The summed E-state index contributed by atoms with van der Waals surface area (Å²) in [6.07, 6.45) is 3.45. The number of halogens is 1. The van der Waals surface area contributed by atoms with Crippen molar-refractivity contribution < 1.29 is 4.74 Å². The topological polar surface area (TPSA) is 50.6 Å². The number of benzene rings is 1. The normalized spacial score (nSPS) is 12.5. The molecular formula is C21H23BrN4O. The zero-order valence-corrected chi connectivity index (χ0v) is 17.6. The predicted octanol–water partition coefficient (Wildman–Crippen LogP) is 5.45. The highest BCUT2D eigenvalue weighted by molar-refractivity contribution is 9.10. The predicted molar refractivity (Wildman–Crippen MR) is 114 cm³/mol. The fourth-order valence-corrected chi connectivity index (χ4v) is 2.98. The van der Waals surface area contributed by atoms with Crippen molar-refractivity contribution in [2.45, 2.75) is 26.9 Å². The monoisotopic (exact) mass is 426 g/mol. The van der Waals surface area contributed by atoms with Gasteiger partial charge in [-0.3, -0.25) is 4.98 Å². The number of aliphatic imine (C=N–C) groups is 1. The van der Waals surface area contributed by atoms with E-state index in [1.54, 1.807) is 6.20 Å². The molecule has 0 spiro atoms. The molecule has 2 heterocycles. The second kappa shape index (κ2) is 8.48. The van der Waals surface area contributed by atoms with Gasteiger partial charge in [0.15, 0.2) is 0 Å². The van der Waals surface area contributed by atoms with Crippen LogP contribution >= 0.6 is 15.9 Å². The number of ether oxygens (including phenoxy) is 1. The van der Waals surface area contributed by atoms with Crippen LogP contribution in [0.1, 0.15) is 31.2 Å². The van der Waals surface area contributed by atoms with Crippen molar-refractivity contribution >= 4 is 38.9 Å². The molecule has 3 aromatic rings. The molecule has 0 saturated carbocycles. The Bertz CT molecular complexity index is 974. The number of hydrogen-bond donors (Lipinski definition) is 0. The fourth-order valence-electron chi connectivity index (χ4n) is 2.58. The summed E-state index contributed by atoms with van der Waals surface area (Å²) in [5, 5.41) is 1.11. The van der Waals surface area contributed by atoms with Gasteiger partial charge >= 0.3 is 0 Å². The van der Waals surface area contributed by atoms with Gasteiger partial charge in [-0.25, -0.2) is 9.98 Å². The maximum Gasteiger partial charge on any atom is 0.228 e. The van der Waals surface area contributed by atoms with E-state index in [0.29, 0.717) is 5.88 Å². The van der Waals surface area contributed by atoms with E-state index in [1.165, 1.54) is 0 Å². The Hall–Kier alpha value is -2.47. The molecule has 0 aliphatic rings. The molecule has 0 radical (unpaired) electrons. The molecule has 0 amide bonds. The van der Waals surface area contributed by atoms with Crippen molar-refractivity contribution in [3.63, 3.8) is 0 Å². The van der Waals surface area contributed by atoms with E-state index in [9.17, 15) is 0 Å². The first-order valence-electron chi connectivity index (χ1n) is 8.91. The molecule has 0 N–H and O–H groups in total. The van der Waals surface area contributed by atoms with Gasteiger partial charge in [-0.2, -0.15) is 0 Å². The summed E-state index contributed by atoms with van der Waals surface area (Å²) in [6.45, 7) is 6.92. The molecule has 1 aromatic carbocycles. The van der Waals surface area contributed by atoms with E-state index in [4.69, 9.17) is 4.74 Å². The van der Waals surface area contributed by atoms with Crippen LogP contribution in [0, 0.1) is 6.92 Å². The van der Waals surface area contributed by atoms with Crippen LogP contribution < -0.4 is 4.74 Å². The Morgan fingerprint density at radius 3 is 2.89 bits per heavy atom. The fraction of sp³-hybridized carbons (Fsp3) is 0.286. The Morgan fingerprint density at radius 1 is 1.30 bits per heavy atom. The molecule has 0 aliphatic heterocycles. The first-order valence-corrected chi connectivity index (χ1v) is 9.70. The second-order valence-electron chi connectivity index (χ2n) is 6.41. The highest BCUT2D eigenvalue weighted by Crippen LogP contribution is 2.32. The molecule has 0 aliphatic carbocycles. The zero-order valence-electron chi connectivity index (χ0n) is 16.0. The Kier molecular flexibility index (Phi) is 6.06. The Balaban J connectivity index is 1.81. The third kappa shape index (κ3) is 4.63. The van der Waals surface area contributed by atoms with E-state index in [0.717, 1.165) is 38.9 Å². The molecule has 6 heteroatoms. The lowest BCUT2D eigenvalue weighted by atomic mass is 10.1. The summed E-state index contributed by atoms with van der Waals surface area (Å²) in [6, 6.07) is 12.1. The van der Waals surface area contributed by atoms with E-state index >= 15 is 0 Å². The lowest BCUT2D eigenvalue weighted by molar-refractivity contribution is 0.215. The molecule has 0 fully saturated rings. The summed E-state index contributed by atoms with van der Waals surface area (Å²) in [5.41, 5.74) is 3.65. The number of aromatic nitrogens is 2. The van der Waals surface area contributed by atoms with Gasteiger partial charge in [-0.1, -0.05) is 18.2 Å². The lowest BCUT2D eigenvalue weighted by Gasteiger charge is -2.17. The van der Waals surface area contributed by atoms with Crippen LogP contribution in [0.3, 0.4) is 0 Å². The van der Waals surface area contributed by atoms with E-state index in [2.05, 4.69) is 56.0 Å². The van der Waals surface area contributed by atoms with Gasteiger partial charge in [-0.05, 0) is 60.5 Å². The first kappa shape index (κ1) is 19.3. The number of pyridine rings is 2. The summed E-state index contributed by atoms with van der Waals surface area (Å²) < 4.78 is 6.90. The summed E-state index contributed by atoms with van der Waals surface area (Å²) in [7, 11) is 1.99. The highest BCUT2D eigenvalue weighted by atomic mass is 79.9. The molecule has 27 heavy (non-hydrogen) atoms. The van der Waals surface area contributed by atoms with Crippen LogP contribution in [-0.4, -0.2) is 34.8 Å². The third-order valence-corrected chi connectivity index (χ3v) is 4.96. The molecular weight excluding hydrogens is 404 g/mol. The van der Waals surface area contributed by atoms with E-state index < -0.39 is 0 Å². The van der Waals surface area contributed by atoms with Crippen molar-refractivity contribution in [2.75, 3.05) is 13.6 Å². The van der Waals surface area contributed by atoms with Gasteiger partial charge < -0.3 is 9.64 Å².